The molecule has 1 saturated heterocycles. The van der Waals surface area contributed by atoms with Gasteiger partial charge in [-0.25, -0.2) is 0 Å². The van der Waals surface area contributed by atoms with Gasteiger partial charge in [0.2, 0.25) is 0 Å². The number of methoxy groups -OCH3 is 1. The highest BCUT2D eigenvalue weighted by molar-refractivity contribution is 5.46. The number of para-hydroxylation sites is 1. The Labute approximate surface area is 115 Å². The molecular weight excluding hydrogens is 240 g/mol. The van der Waals surface area contributed by atoms with Crippen LogP contribution in [0.2, 0.25) is 0 Å². The van der Waals surface area contributed by atoms with Gasteiger partial charge in [-0.15, -0.1) is 0 Å². The lowest BCUT2D eigenvalue weighted by Crippen LogP contribution is -2.40. The quantitative estimate of drug-likeness (QED) is 0.884. The summed E-state index contributed by atoms with van der Waals surface area (Å²) in [5.41, 5.74) is 6.76. The molecule has 0 spiro atoms. The van der Waals surface area contributed by atoms with Gasteiger partial charge in [-0.3, -0.25) is 0 Å². The maximum atomic E-state index is 6.01. The van der Waals surface area contributed by atoms with Gasteiger partial charge >= 0.3 is 0 Å². The van der Waals surface area contributed by atoms with Crippen LogP contribution in [0.25, 0.3) is 0 Å². The summed E-state index contributed by atoms with van der Waals surface area (Å²) in [6.07, 6.45) is 3.77. The third-order valence-electron chi connectivity index (χ3n) is 3.84. The lowest BCUT2D eigenvalue weighted by Gasteiger charge is -2.32. The minimum atomic E-state index is 0.465. The van der Waals surface area contributed by atoms with E-state index in [-0.39, 0.29) is 0 Å². The third-order valence-corrected chi connectivity index (χ3v) is 3.84. The first-order chi connectivity index (χ1) is 9.26. The smallest absolute Gasteiger partial charge is 0.165 e. The lowest BCUT2D eigenvalue weighted by molar-refractivity contribution is 0.122. The fourth-order valence-electron chi connectivity index (χ4n) is 2.58. The van der Waals surface area contributed by atoms with Gasteiger partial charge in [0.05, 0.1) is 7.11 Å². The highest BCUT2D eigenvalue weighted by atomic mass is 16.5. The average Bonchev–Trinajstić information content (AvgIpc) is 2.46. The lowest BCUT2D eigenvalue weighted by atomic mass is 10.0. The molecule has 1 fully saturated rings. The van der Waals surface area contributed by atoms with E-state index >= 15 is 0 Å². The molecule has 0 amide bonds. The number of hydrogen-bond donors (Lipinski definition) is 1. The molecule has 4 heteroatoms. The summed E-state index contributed by atoms with van der Waals surface area (Å²) in [6.45, 7) is 2.32. The minimum Gasteiger partial charge on any atom is -0.493 e. The van der Waals surface area contributed by atoms with Crippen LogP contribution in [0.4, 0.5) is 0 Å². The van der Waals surface area contributed by atoms with Crippen LogP contribution in [0, 0.1) is 0 Å². The van der Waals surface area contributed by atoms with Crippen LogP contribution in [0.15, 0.2) is 18.2 Å². The predicted octanol–water partition coefficient (Wildman–Crippen LogP) is 2.02. The molecule has 1 aromatic carbocycles. The molecule has 1 heterocycles. The van der Waals surface area contributed by atoms with E-state index in [1.54, 1.807) is 7.11 Å². The molecule has 4 nitrogen and oxygen atoms in total. The molecule has 19 heavy (non-hydrogen) atoms. The average molecular weight is 264 g/mol. The standard InChI is InChI=1S/C15H24N2O2/c1-17-9-4-3-7-13(17)11-19-15-12(10-16)6-5-8-14(15)18-2/h5-6,8,13H,3-4,7,9-11,16H2,1-2H3. The molecule has 0 aromatic heterocycles. The normalized spacial score (nSPS) is 20.3. The second kappa shape index (κ2) is 6.78. The molecule has 0 bridgehead atoms. The highest BCUT2D eigenvalue weighted by Crippen LogP contribution is 2.31. The van der Waals surface area contributed by atoms with Crippen molar-refractivity contribution in [2.75, 3.05) is 27.3 Å². The summed E-state index contributed by atoms with van der Waals surface area (Å²) in [5.74, 6) is 1.56. The summed E-state index contributed by atoms with van der Waals surface area (Å²) in [7, 11) is 3.83. The first kappa shape index (κ1) is 14.2. The number of nitrogens with zero attached hydrogens (tertiary/aromatic N) is 1. The highest BCUT2D eigenvalue weighted by Gasteiger charge is 2.20. The van der Waals surface area contributed by atoms with Crippen molar-refractivity contribution in [1.82, 2.24) is 4.90 Å². The number of likely N-dealkylation sites (tertiary alicyclic amines) is 1. The van der Waals surface area contributed by atoms with E-state index in [1.807, 2.05) is 18.2 Å². The van der Waals surface area contributed by atoms with Crippen LogP contribution >= 0.6 is 0 Å². The van der Waals surface area contributed by atoms with Crippen LogP contribution in [-0.2, 0) is 6.54 Å². The summed E-state index contributed by atoms with van der Waals surface area (Å²) in [4.78, 5) is 2.38. The Hall–Kier alpha value is -1.26. The number of rotatable bonds is 5. The minimum absolute atomic E-state index is 0.465. The zero-order valence-electron chi connectivity index (χ0n) is 11.9. The summed E-state index contributed by atoms with van der Waals surface area (Å²) in [5, 5.41) is 0. The monoisotopic (exact) mass is 264 g/mol. The van der Waals surface area contributed by atoms with Gasteiger partial charge in [-0.1, -0.05) is 18.6 Å². The van der Waals surface area contributed by atoms with Crippen molar-refractivity contribution < 1.29 is 9.47 Å². The first-order valence-corrected chi connectivity index (χ1v) is 6.95. The van der Waals surface area contributed by atoms with Crippen LogP contribution in [-0.4, -0.2) is 38.3 Å². The molecule has 2 rings (SSSR count). The fraction of sp³-hybridized carbons (Fsp3) is 0.600. The maximum absolute atomic E-state index is 6.01. The number of likely N-dealkylation sites (N-methyl/N-ethyl adjacent to an activating group) is 1. The van der Waals surface area contributed by atoms with Gasteiger partial charge < -0.3 is 20.1 Å². The third kappa shape index (κ3) is 3.39. The Morgan fingerprint density at radius 1 is 1.37 bits per heavy atom. The molecule has 0 saturated carbocycles. The number of benzene rings is 1. The number of ether oxygens (including phenoxy) is 2. The maximum Gasteiger partial charge on any atom is 0.165 e. The molecule has 1 atom stereocenters. The predicted molar refractivity (Wildman–Crippen MR) is 76.6 cm³/mol. The Morgan fingerprint density at radius 2 is 2.21 bits per heavy atom. The molecule has 2 N–H and O–H groups in total. The van der Waals surface area contributed by atoms with E-state index in [0.717, 1.165) is 23.6 Å². The van der Waals surface area contributed by atoms with Crippen LogP contribution in [0.1, 0.15) is 24.8 Å². The molecule has 0 aliphatic carbocycles. The first-order valence-electron chi connectivity index (χ1n) is 6.95. The molecular formula is C15H24N2O2. The number of piperidine rings is 1. The molecule has 0 radical (unpaired) electrons. The van der Waals surface area contributed by atoms with Crippen molar-refractivity contribution in [3.05, 3.63) is 23.8 Å². The summed E-state index contributed by atoms with van der Waals surface area (Å²) in [6, 6.07) is 6.34. The van der Waals surface area contributed by atoms with E-state index < -0.39 is 0 Å². The van der Waals surface area contributed by atoms with Crippen LogP contribution in [0.3, 0.4) is 0 Å². The van der Waals surface area contributed by atoms with Gasteiger partial charge in [0, 0.05) is 18.2 Å². The van der Waals surface area contributed by atoms with Crippen molar-refractivity contribution in [3.8, 4) is 11.5 Å². The van der Waals surface area contributed by atoms with E-state index in [9.17, 15) is 0 Å². The SMILES string of the molecule is COc1cccc(CN)c1OCC1CCCCN1C. The Morgan fingerprint density at radius 3 is 2.89 bits per heavy atom. The van der Waals surface area contributed by atoms with E-state index in [2.05, 4.69) is 11.9 Å². The fourth-order valence-corrected chi connectivity index (χ4v) is 2.58. The van der Waals surface area contributed by atoms with Gasteiger partial charge in [0.1, 0.15) is 6.61 Å². The van der Waals surface area contributed by atoms with Crippen molar-refractivity contribution in [2.24, 2.45) is 5.73 Å². The second-order valence-electron chi connectivity index (χ2n) is 5.09. The van der Waals surface area contributed by atoms with Gasteiger partial charge in [0.15, 0.2) is 11.5 Å². The molecule has 1 unspecified atom stereocenters. The van der Waals surface area contributed by atoms with Crippen LogP contribution in [0.5, 0.6) is 11.5 Å². The Kier molecular flexibility index (Phi) is 5.05. The van der Waals surface area contributed by atoms with E-state index in [4.69, 9.17) is 15.2 Å². The Bertz CT molecular complexity index is 387. The zero-order valence-corrected chi connectivity index (χ0v) is 11.9. The second-order valence-corrected chi connectivity index (χ2v) is 5.09. The summed E-state index contributed by atoms with van der Waals surface area (Å²) >= 11 is 0. The van der Waals surface area contributed by atoms with Gasteiger partial charge in [-0.2, -0.15) is 0 Å². The van der Waals surface area contributed by atoms with Crippen molar-refractivity contribution in [3.63, 3.8) is 0 Å². The van der Waals surface area contributed by atoms with Crippen molar-refractivity contribution in [1.29, 1.82) is 0 Å². The molecule has 106 valence electrons. The summed E-state index contributed by atoms with van der Waals surface area (Å²) < 4.78 is 11.4. The number of hydrogen-bond acceptors (Lipinski definition) is 4. The van der Waals surface area contributed by atoms with Crippen LogP contribution < -0.4 is 15.2 Å². The van der Waals surface area contributed by atoms with E-state index in [0.29, 0.717) is 19.2 Å². The zero-order chi connectivity index (χ0) is 13.7. The van der Waals surface area contributed by atoms with Crippen molar-refractivity contribution in [2.45, 2.75) is 31.8 Å². The Balaban J connectivity index is 2.05. The van der Waals surface area contributed by atoms with Gasteiger partial charge in [0.25, 0.3) is 0 Å². The molecule has 1 aliphatic heterocycles. The molecule has 1 aliphatic rings. The van der Waals surface area contributed by atoms with E-state index in [1.165, 1.54) is 19.3 Å². The molecule has 1 aromatic rings. The number of nitrogens with two attached hydrogens (primary N) is 1. The van der Waals surface area contributed by atoms with Gasteiger partial charge in [-0.05, 0) is 32.5 Å². The topological polar surface area (TPSA) is 47.7 Å². The van der Waals surface area contributed by atoms with Crippen molar-refractivity contribution >= 4 is 0 Å². The largest absolute Gasteiger partial charge is 0.493 e.